The van der Waals surface area contributed by atoms with Crippen LogP contribution in [0.4, 0.5) is 0 Å². The van der Waals surface area contributed by atoms with Gasteiger partial charge in [-0.25, -0.2) is 0 Å². The van der Waals surface area contributed by atoms with Gasteiger partial charge in [0.25, 0.3) is 0 Å². The van der Waals surface area contributed by atoms with Crippen molar-refractivity contribution in [2.24, 2.45) is 23.1 Å². The predicted molar refractivity (Wildman–Crippen MR) is 404 cm³/mol. The highest BCUT2D eigenvalue weighted by atomic mass is 32.1. The van der Waals surface area contributed by atoms with Gasteiger partial charge in [-0.15, -0.1) is 0 Å². The second-order valence-corrected chi connectivity index (χ2v) is 27.3. The second-order valence-electron chi connectivity index (χ2n) is 26.6. The molecule has 0 unspecified atom stereocenters. The number of benzene rings is 3. The number of carboxylic acid groups (broad SMARTS) is 2. The number of aromatic hydroxyl groups is 1. The molecular formula is C71H95N17O21S2. The van der Waals surface area contributed by atoms with Crippen LogP contribution in [0.15, 0.2) is 85.2 Å². The van der Waals surface area contributed by atoms with E-state index in [0.29, 0.717) is 38.5 Å². The molecule has 24 N–H and O–H groups in total. The summed E-state index contributed by atoms with van der Waals surface area (Å²) in [6.07, 6.45) is -4.22. The van der Waals surface area contributed by atoms with E-state index in [0.717, 1.165) is 13.8 Å². The van der Waals surface area contributed by atoms with Crippen LogP contribution >= 0.6 is 25.3 Å². The van der Waals surface area contributed by atoms with Gasteiger partial charge in [0.05, 0.1) is 19.1 Å². The first-order valence-corrected chi connectivity index (χ1v) is 36.4. The van der Waals surface area contributed by atoms with Crippen molar-refractivity contribution in [3.8, 4) is 5.75 Å². The lowest BCUT2D eigenvalue weighted by Gasteiger charge is -2.29. The summed E-state index contributed by atoms with van der Waals surface area (Å²) in [6.45, 7) is 5.08. The van der Waals surface area contributed by atoms with Crippen LogP contribution in [0.25, 0.3) is 21.8 Å². The Morgan fingerprint density at radius 1 is 0.405 bits per heavy atom. The van der Waals surface area contributed by atoms with Crippen LogP contribution in [-0.4, -0.2) is 222 Å². The molecule has 0 aliphatic rings. The van der Waals surface area contributed by atoms with E-state index in [9.17, 15) is 92.3 Å². The number of fused-ring (bicyclic) bond motifs is 2. The molecule has 15 amide bonds. The number of primary amides is 3. The van der Waals surface area contributed by atoms with E-state index in [1.807, 2.05) is 0 Å². The largest absolute Gasteiger partial charge is 0.508 e. The number of thiol groups is 2. The van der Waals surface area contributed by atoms with Crippen LogP contribution in [0.5, 0.6) is 5.75 Å². The maximum absolute atomic E-state index is 15.1. The van der Waals surface area contributed by atoms with Crippen LogP contribution < -0.4 is 81.0 Å². The fraction of sp³-hybridized carbons (Fsp3) is 0.451. The molecule has 38 nitrogen and oxygen atoms in total. The molecule has 0 spiro atoms. The summed E-state index contributed by atoms with van der Waals surface area (Å²) in [4.78, 5) is 235. The van der Waals surface area contributed by atoms with Crippen molar-refractivity contribution >= 4 is 148 Å². The molecule has 0 saturated heterocycles. The van der Waals surface area contributed by atoms with Gasteiger partial charge in [0.15, 0.2) is 0 Å². The smallest absolute Gasteiger partial charge is 0.303 e. The summed E-state index contributed by atoms with van der Waals surface area (Å²) in [5, 5.41) is 70.7. The maximum atomic E-state index is 15.1. The number of aromatic amines is 2. The molecule has 3 aromatic carbocycles. The summed E-state index contributed by atoms with van der Waals surface area (Å²) < 4.78 is 0. The number of para-hydroxylation sites is 2. The fourth-order valence-corrected chi connectivity index (χ4v) is 11.9. The number of aliphatic hydroxyl groups is 1. The third-order valence-electron chi connectivity index (χ3n) is 17.2. The number of carboxylic acids is 2. The van der Waals surface area contributed by atoms with Gasteiger partial charge >= 0.3 is 11.9 Å². The van der Waals surface area contributed by atoms with Crippen molar-refractivity contribution in [3.63, 3.8) is 0 Å². The highest BCUT2D eigenvalue weighted by molar-refractivity contribution is 7.80. The number of phenolic OH excluding ortho intramolecular Hbond substituents is 1. The summed E-state index contributed by atoms with van der Waals surface area (Å²) >= 11 is 8.41. The SMILES string of the molecule is CC(=O)N[C@@H](CS)C(=O)N[C@@H](CCC(=O)O)C(=O)N[C@H](C(=O)N[C@@H](Cc1c[nH]c2ccccc12)C(=O)N[C@@H](CCC(N)=O)C(=O)N[C@@H](CS)C(=O)N[C@@H](Cc1ccc(O)cc1)C(=O)N[C@@H](Cc1c[nH]c2ccccc12)C(=O)N[C@@H](CCC(C)C)C(=O)N[C@@H](CCC(=O)O)C(=O)N[C@@H](CC(N)=O)C(=O)NCC(N)=O)[C@@H](C)O. The Morgan fingerprint density at radius 3 is 1.18 bits per heavy atom. The molecule has 111 heavy (non-hydrogen) atoms. The van der Waals surface area contributed by atoms with E-state index < -0.39 is 237 Å². The van der Waals surface area contributed by atoms with Gasteiger partial charge in [0.2, 0.25) is 88.6 Å². The Hall–Kier alpha value is -11.8. The molecule has 0 fully saturated rings. The Kier molecular flexibility index (Phi) is 35.6. The molecule has 602 valence electrons. The molecule has 0 saturated carbocycles. The zero-order valence-corrected chi connectivity index (χ0v) is 62.8. The summed E-state index contributed by atoms with van der Waals surface area (Å²) in [5.74, 6) is -19.7. The van der Waals surface area contributed by atoms with Gasteiger partial charge < -0.3 is 111 Å². The van der Waals surface area contributed by atoms with E-state index >= 15 is 9.59 Å². The molecule has 0 bridgehead atoms. The summed E-state index contributed by atoms with van der Waals surface area (Å²) in [5.41, 5.74) is 18.4. The number of carbonyl (C=O) groups excluding carboxylic acids is 15. The standard InChI is InChI=1S/C71H95N17O21S2/c1-34(2)13-18-45(62(100)79-47(20-23-58(95)96)63(101)85-52(28-56(73)93)61(99)77-31-57(74)94)80-67(105)50(26-38-29-75-43-11-7-5-9-41(38)43)84-66(104)49(25-37-14-16-40(91)17-15-37)83-70(108)54(33-111)87-64(102)46(19-22-55(72)92)81-68(106)51(27-39-30-76-44-12-8-6-10-42(39)44)86-71(109)60(35(3)89)88-65(103)48(21-24-59(97)98)82-69(107)53(32-110)78-36(4)90/h5-12,14-17,29-30,34-35,45-54,60,75-76,89,91,110-111H,13,18-28,31-33H2,1-4H3,(H2,72,92)(H2,73,93)(H2,74,94)(H,77,99)(H,78,90)(H,79,100)(H,80,105)(H,81,106)(H,82,107)(H,83,108)(H,84,104)(H,85,101)(H,86,109)(H,87,102)(H,88,103)(H,95,96)(H,97,98)/t35-,45+,46+,47+,48+,49+,50+,51+,52+,53+,54+,60+/m1/s1. The molecule has 2 heterocycles. The Balaban J connectivity index is 1.48. The molecule has 0 aliphatic heterocycles. The number of rotatable bonds is 47. The molecular weight excluding hydrogens is 1490 g/mol. The summed E-state index contributed by atoms with van der Waals surface area (Å²) in [7, 11) is 0. The first kappa shape index (κ1) is 89.8. The second kappa shape index (κ2) is 44.0. The summed E-state index contributed by atoms with van der Waals surface area (Å²) in [6, 6.07) is 0.427. The molecule has 12 atom stereocenters. The van der Waals surface area contributed by atoms with Crippen LogP contribution in [0.1, 0.15) is 102 Å². The lowest BCUT2D eigenvalue weighted by Crippen LogP contribution is -2.62. The van der Waals surface area contributed by atoms with Crippen LogP contribution in [0, 0.1) is 5.92 Å². The van der Waals surface area contributed by atoms with E-state index in [-0.39, 0.29) is 43.1 Å². The van der Waals surface area contributed by atoms with Crippen molar-refractivity contribution < 1.29 is 102 Å². The van der Waals surface area contributed by atoms with E-state index in [1.54, 1.807) is 68.6 Å². The number of carbonyl (C=O) groups is 17. The maximum Gasteiger partial charge on any atom is 0.303 e. The number of aliphatic carboxylic acids is 2. The van der Waals surface area contributed by atoms with Crippen LogP contribution in [0.2, 0.25) is 0 Å². The van der Waals surface area contributed by atoms with Crippen molar-refractivity contribution in [3.05, 3.63) is 102 Å². The molecule has 5 aromatic rings. The van der Waals surface area contributed by atoms with Gasteiger partial charge in [0, 0.05) is 91.2 Å². The average molecular weight is 1590 g/mol. The Morgan fingerprint density at radius 2 is 0.775 bits per heavy atom. The Bertz CT molecular complexity index is 4190. The highest BCUT2D eigenvalue weighted by Gasteiger charge is 2.39. The zero-order chi connectivity index (χ0) is 82.3. The van der Waals surface area contributed by atoms with Gasteiger partial charge in [0.1, 0.15) is 72.2 Å². The first-order chi connectivity index (χ1) is 52.5. The first-order valence-electron chi connectivity index (χ1n) is 35.1. The van der Waals surface area contributed by atoms with Gasteiger partial charge in [-0.2, -0.15) is 25.3 Å². The number of phenols is 1. The van der Waals surface area contributed by atoms with Gasteiger partial charge in [-0.3, -0.25) is 81.5 Å². The van der Waals surface area contributed by atoms with Crippen molar-refractivity contribution in [2.45, 2.75) is 177 Å². The number of H-pyrrole nitrogens is 2. The van der Waals surface area contributed by atoms with E-state index in [4.69, 9.17) is 17.2 Å². The fourth-order valence-electron chi connectivity index (χ4n) is 11.4. The third-order valence-corrected chi connectivity index (χ3v) is 18.0. The minimum atomic E-state index is -1.95. The minimum absolute atomic E-state index is 0.134. The minimum Gasteiger partial charge on any atom is -0.508 e. The number of hydrogen-bond acceptors (Lipinski definition) is 21. The highest BCUT2D eigenvalue weighted by Crippen LogP contribution is 2.23. The lowest BCUT2D eigenvalue weighted by molar-refractivity contribution is -0.139. The predicted octanol–water partition coefficient (Wildman–Crippen LogP) is -4.12. The normalized spacial score (nSPS) is 14.4. The quantitative estimate of drug-likeness (QED) is 0.0165. The molecule has 0 aliphatic carbocycles. The Labute approximate surface area is 646 Å². The molecule has 2 aromatic heterocycles. The number of nitrogens with one attached hydrogen (secondary N) is 14. The zero-order valence-electron chi connectivity index (χ0n) is 61.1. The molecule has 0 radical (unpaired) electrons. The van der Waals surface area contributed by atoms with Gasteiger partial charge in [-0.05, 0) is 85.9 Å². The monoisotopic (exact) mass is 1590 g/mol. The topological polar surface area (TPSA) is 625 Å². The molecule has 40 heteroatoms. The van der Waals surface area contributed by atoms with Crippen molar-refractivity contribution in [1.82, 2.24) is 73.8 Å². The van der Waals surface area contributed by atoms with E-state index in [2.05, 4.69) is 99.0 Å². The number of aromatic nitrogens is 2. The number of aliphatic hydroxyl groups excluding tert-OH is 1. The van der Waals surface area contributed by atoms with E-state index in [1.165, 1.54) is 30.5 Å². The number of amides is 15. The third kappa shape index (κ3) is 29.6. The average Bonchev–Trinajstić information content (AvgIpc) is 1.71. The van der Waals surface area contributed by atoms with Gasteiger partial charge in [-0.1, -0.05) is 62.4 Å². The number of hydrogen-bond donors (Lipinski definition) is 23. The van der Waals surface area contributed by atoms with Crippen molar-refractivity contribution in [1.29, 1.82) is 0 Å². The van der Waals surface area contributed by atoms with Crippen molar-refractivity contribution in [2.75, 3.05) is 18.1 Å². The van der Waals surface area contributed by atoms with Crippen LogP contribution in [-0.2, 0) is 101 Å². The molecule has 5 rings (SSSR count). The number of nitrogens with two attached hydrogens (primary N) is 3. The lowest BCUT2D eigenvalue weighted by atomic mass is 9.99. The van der Waals surface area contributed by atoms with Crippen LogP contribution in [0.3, 0.4) is 0 Å².